The van der Waals surface area contributed by atoms with Gasteiger partial charge in [0, 0.05) is 6.61 Å². The largest absolute Gasteiger partial charge is 0.381 e. The molecule has 0 aliphatic rings. The Labute approximate surface area is 164 Å². The fourth-order valence-electron chi connectivity index (χ4n) is 3.06. The molecule has 0 bridgehead atoms. The van der Waals surface area contributed by atoms with Gasteiger partial charge in [0.05, 0.1) is 6.61 Å². The molecule has 0 fully saturated rings. The molecule has 1 N–H and O–H groups in total. The Kier molecular flexibility index (Phi) is 21.9. The summed E-state index contributed by atoms with van der Waals surface area (Å²) >= 11 is 0. The number of allylic oxidation sites excluding steroid dienone is 4. The summed E-state index contributed by atoms with van der Waals surface area (Å²) in [5.74, 6) is 0.621. The van der Waals surface area contributed by atoms with Crippen molar-refractivity contribution in [3.05, 3.63) is 24.3 Å². The van der Waals surface area contributed by atoms with Gasteiger partial charge in [0.15, 0.2) is 0 Å². The van der Waals surface area contributed by atoms with E-state index in [9.17, 15) is 0 Å². The predicted octanol–water partition coefficient (Wildman–Crippen LogP) is 7.06. The lowest BCUT2D eigenvalue weighted by Crippen LogP contribution is -2.20. The summed E-state index contributed by atoms with van der Waals surface area (Å²) in [7, 11) is 2.00. The van der Waals surface area contributed by atoms with E-state index in [1.807, 2.05) is 7.05 Å². The maximum absolute atomic E-state index is 5.72. The van der Waals surface area contributed by atoms with Crippen LogP contribution in [-0.2, 0) is 4.74 Å². The van der Waals surface area contributed by atoms with E-state index in [0.717, 1.165) is 26.2 Å². The number of unbranched alkanes of at least 4 members (excludes halogenated alkanes) is 10. The average molecular weight is 366 g/mol. The molecule has 0 spiro atoms. The van der Waals surface area contributed by atoms with Crippen LogP contribution in [0.3, 0.4) is 0 Å². The van der Waals surface area contributed by atoms with Gasteiger partial charge < -0.3 is 10.1 Å². The van der Waals surface area contributed by atoms with E-state index in [-0.39, 0.29) is 0 Å². The van der Waals surface area contributed by atoms with Crippen LogP contribution < -0.4 is 5.32 Å². The van der Waals surface area contributed by atoms with Gasteiger partial charge in [-0.1, -0.05) is 83.1 Å². The first-order valence-corrected chi connectivity index (χ1v) is 11.3. The minimum Gasteiger partial charge on any atom is -0.381 e. The van der Waals surface area contributed by atoms with Crippen molar-refractivity contribution in [2.45, 2.75) is 97.3 Å². The fourth-order valence-corrected chi connectivity index (χ4v) is 3.06. The van der Waals surface area contributed by atoms with Gasteiger partial charge in [-0.25, -0.2) is 0 Å². The molecule has 0 rings (SSSR count). The molecule has 1 atom stereocenters. The molecule has 0 saturated heterocycles. The zero-order chi connectivity index (χ0) is 19.1. The molecule has 0 aliphatic heterocycles. The maximum Gasteiger partial charge on any atom is 0.0503 e. The first-order chi connectivity index (χ1) is 12.8. The zero-order valence-electron chi connectivity index (χ0n) is 18.1. The molecular weight excluding hydrogens is 318 g/mol. The molecular formula is C24H47NO. The number of nitrogens with one attached hydrogen (secondary N) is 1. The molecule has 0 radical (unpaired) electrons. The fraction of sp³-hybridized carbons (Fsp3) is 0.833. The normalized spacial score (nSPS) is 13.2. The first kappa shape index (κ1) is 25.4. The third-order valence-electron chi connectivity index (χ3n) is 4.69. The Balaban J connectivity index is 3.16. The van der Waals surface area contributed by atoms with Crippen LogP contribution in [0.4, 0.5) is 0 Å². The SMILES string of the molecule is CCCCC/C=C\C/C=C\CCCCCCCCCOCC(C)CNC. The summed E-state index contributed by atoms with van der Waals surface area (Å²) in [5.41, 5.74) is 0. The van der Waals surface area contributed by atoms with E-state index < -0.39 is 0 Å². The summed E-state index contributed by atoms with van der Waals surface area (Å²) in [6.07, 6.45) is 26.4. The van der Waals surface area contributed by atoms with Crippen molar-refractivity contribution in [3.8, 4) is 0 Å². The highest BCUT2D eigenvalue weighted by atomic mass is 16.5. The predicted molar refractivity (Wildman–Crippen MR) is 118 cm³/mol. The van der Waals surface area contributed by atoms with Gasteiger partial charge in [0.25, 0.3) is 0 Å². The molecule has 0 aromatic carbocycles. The molecule has 154 valence electrons. The molecule has 1 unspecified atom stereocenters. The third kappa shape index (κ3) is 21.4. The molecule has 0 amide bonds. The number of hydrogen-bond donors (Lipinski definition) is 1. The highest BCUT2D eigenvalue weighted by molar-refractivity contribution is 4.92. The molecule has 2 heteroatoms. The van der Waals surface area contributed by atoms with Crippen LogP contribution in [0.25, 0.3) is 0 Å². The molecule has 0 aromatic heterocycles. The van der Waals surface area contributed by atoms with Crippen molar-refractivity contribution in [2.24, 2.45) is 5.92 Å². The summed E-state index contributed by atoms with van der Waals surface area (Å²) < 4.78 is 5.72. The van der Waals surface area contributed by atoms with Crippen LogP contribution in [0.2, 0.25) is 0 Å². The molecule has 0 aromatic rings. The average Bonchev–Trinajstić information content (AvgIpc) is 2.64. The Hall–Kier alpha value is -0.600. The second-order valence-corrected chi connectivity index (χ2v) is 7.68. The highest BCUT2D eigenvalue weighted by Crippen LogP contribution is 2.09. The summed E-state index contributed by atoms with van der Waals surface area (Å²) in [6, 6.07) is 0. The van der Waals surface area contributed by atoms with Crippen LogP contribution in [-0.4, -0.2) is 26.8 Å². The zero-order valence-corrected chi connectivity index (χ0v) is 18.1. The van der Waals surface area contributed by atoms with Crippen LogP contribution >= 0.6 is 0 Å². The standard InChI is InChI=1S/C24H47NO/c1-4-5-6-7-8-9-10-11-12-13-14-15-16-17-18-19-20-21-26-23-24(2)22-25-3/h8-9,11-12,24-25H,4-7,10,13-23H2,1-3H3/b9-8-,12-11-. The topological polar surface area (TPSA) is 21.3 Å². The van der Waals surface area contributed by atoms with E-state index in [2.05, 4.69) is 43.5 Å². The van der Waals surface area contributed by atoms with Gasteiger partial charge in [0.1, 0.15) is 0 Å². The minimum absolute atomic E-state index is 0.621. The van der Waals surface area contributed by atoms with Gasteiger partial charge in [-0.3, -0.25) is 0 Å². The number of rotatable bonds is 20. The van der Waals surface area contributed by atoms with Crippen LogP contribution in [0, 0.1) is 5.92 Å². The third-order valence-corrected chi connectivity index (χ3v) is 4.69. The van der Waals surface area contributed by atoms with Crippen LogP contribution in [0.5, 0.6) is 0 Å². The van der Waals surface area contributed by atoms with Gasteiger partial charge >= 0.3 is 0 Å². The Morgan fingerprint density at radius 1 is 0.769 bits per heavy atom. The van der Waals surface area contributed by atoms with Crippen molar-refractivity contribution >= 4 is 0 Å². The Morgan fingerprint density at radius 2 is 1.35 bits per heavy atom. The lowest BCUT2D eigenvalue weighted by molar-refractivity contribution is 0.101. The minimum atomic E-state index is 0.621. The van der Waals surface area contributed by atoms with E-state index in [1.165, 1.54) is 77.0 Å². The smallest absolute Gasteiger partial charge is 0.0503 e. The van der Waals surface area contributed by atoms with Crippen molar-refractivity contribution in [1.82, 2.24) is 5.32 Å². The lowest BCUT2D eigenvalue weighted by atomic mass is 10.1. The van der Waals surface area contributed by atoms with Crippen molar-refractivity contribution in [3.63, 3.8) is 0 Å². The molecule has 0 heterocycles. The molecule has 0 aliphatic carbocycles. The van der Waals surface area contributed by atoms with E-state index in [1.54, 1.807) is 0 Å². The Bertz CT molecular complexity index is 311. The lowest BCUT2D eigenvalue weighted by Gasteiger charge is -2.11. The van der Waals surface area contributed by atoms with Crippen molar-refractivity contribution in [1.29, 1.82) is 0 Å². The van der Waals surface area contributed by atoms with Gasteiger partial charge in [-0.15, -0.1) is 0 Å². The Morgan fingerprint density at radius 3 is 1.96 bits per heavy atom. The molecule has 0 saturated carbocycles. The number of ether oxygens (including phenoxy) is 1. The quantitative estimate of drug-likeness (QED) is 0.184. The first-order valence-electron chi connectivity index (χ1n) is 11.3. The molecule has 2 nitrogen and oxygen atoms in total. The molecule has 26 heavy (non-hydrogen) atoms. The second kappa shape index (κ2) is 22.4. The number of hydrogen-bond acceptors (Lipinski definition) is 2. The van der Waals surface area contributed by atoms with E-state index in [0.29, 0.717) is 5.92 Å². The van der Waals surface area contributed by atoms with Crippen LogP contribution in [0.15, 0.2) is 24.3 Å². The summed E-state index contributed by atoms with van der Waals surface area (Å²) in [5, 5.41) is 3.19. The highest BCUT2D eigenvalue weighted by Gasteiger charge is 1.99. The van der Waals surface area contributed by atoms with Crippen molar-refractivity contribution < 1.29 is 4.74 Å². The van der Waals surface area contributed by atoms with Gasteiger partial charge in [-0.2, -0.15) is 0 Å². The maximum atomic E-state index is 5.72. The van der Waals surface area contributed by atoms with Crippen LogP contribution in [0.1, 0.15) is 97.3 Å². The summed E-state index contributed by atoms with van der Waals surface area (Å²) in [4.78, 5) is 0. The monoisotopic (exact) mass is 365 g/mol. The van der Waals surface area contributed by atoms with E-state index >= 15 is 0 Å². The van der Waals surface area contributed by atoms with E-state index in [4.69, 9.17) is 4.74 Å². The van der Waals surface area contributed by atoms with Crippen molar-refractivity contribution in [2.75, 3.05) is 26.8 Å². The summed E-state index contributed by atoms with van der Waals surface area (Å²) in [6.45, 7) is 7.37. The van der Waals surface area contributed by atoms with Gasteiger partial charge in [-0.05, 0) is 58.0 Å². The van der Waals surface area contributed by atoms with Gasteiger partial charge in [0.2, 0.25) is 0 Å². The second-order valence-electron chi connectivity index (χ2n) is 7.68.